The Balaban J connectivity index is 2.76. The molecule has 0 spiro atoms. The van der Waals surface area contributed by atoms with Crippen LogP contribution in [0.25, 0.3) is 0 Å². The molecule has 0 atom stereocenters. The number of amides is 1. The highest BCUT2D eigenvalue weighted by Gasteiger charge is 2.23. The van der Waals surface area contributed by atoms with Gasteiger partial charge in [0, 0.05) is 32.8 Å². The van der Waals surface area contributed by atoms with Crippen LogP contribution in [-0.2, 0) is 19.6 Å². The highest BCUT2D eigenvalue weighted by Crippen LogP contribution is 2.18. The van der Waals surface area contributed by atoms with Gasteiger partial charge in [-0.25, -0.2) is 8.42 Å². The van der Waals surface area contributed by atoms with Crippen LogP contribution >= 0.6 is 0 Å². The molecule has 10 heteroatoms. The second-order valence-electron chi connectivity index (χ2n) is 4.35. The molecule has 0 aromatic heterocycles. The monoisotopic (exact) mass is 331 g/mol. The van der Waals surface area contributed by atoms with E-state index in [2.05, 4.69) is 5.32 Å². The first-order valence-electron chi connectivity index (χ1n) is 6.25. The zero-order chi connectivity index (χ0) is 16.8. The molecule has 0 bridgehead atoms. The van der Waals surface area contributed by atoms with Crippen molar-refractivity contribution in [3.63, 3.8) is 0 Å². The molecule has 22 heavy (non-hydrogen) atoms. The topological polar surface area (TPSA) is 119 Å². The summed E-state index contributed by atoms with van der Waals surface area (Å²) in [5.74, 6) is -0.468. The van der Waals surface area contributed by atoms with E-state index in [1.807, 2.05) is 0 Å². The maximum absolute atomic E-state index is 12.2. The Bertz CT molecular complexity index is 629. The number of benzene rings is 1. The summed E-state index contributed by atoms with van der Waals surface area (Å²) in [6, 6.07) is 4.46. The molecule has 1 aromatic carbocycles. The Morgan fingerprint density at radius 1 is 1.36 bits per heavy atom. The summed E-state index contributed by atoms with van der Waals surface area (Å²) in [6.07, 6.45) is 0. The van der Waals surface area contributed by atoms with Crippen LogP contribution in [0.1, 0.15) is 0 Å². The van der Waals surface area contributed by atoms with Crippen molar-refractivity contribution in [2.45, 2.75) is 4.90 Å². The lowest BCUT2D eigenvalue weighted by atomic mass is 10.3. The van der Waals surface area contributed by atoms with E-state index in [4.69, 9.17) is 4.74 Å². The van der Waals surface area contributed by atoms with E-state index in [0.717, 1.165) is 28.6 Å². The first-order chi connectivity index (χ1) is 10.3. The van der Waals surface area contributed by atoms with Gasteiger partial charge in [-0.2, -0.15) is 4.31 Å². The van der Waals surface area contributed by atoms with Gasteiger partial charge < -0.3 is 10.1 Å². The van der Waals surface area contributed by atoms with Crippen molar-refractivity contribution in [2.75, 3.05) is 33.9 Å². The number of carbonyl (C=O) groups excluding carboxylic acids is 1. The quantitative estimate of drug-likeness (QED) is 0.406. The molecule has 122 valence electrons. The third-order valence-electron chi connectivity index (χ3n) is 2.75. The first-order valence-corrected chi connectivity index (χ1v) is 7.69. The molecule has 0 aliphatic heterocycles. The fourth-order valence-corrected chi connectivity index (χ4v) is 2.68. The SMILES string of the molecule is COCCNC(=O)CN(C)S(=O)(=O)c1ccc([N+](=O)[O-])cc1. The Morgan fingerprint density at radius 2 is 1.95 bits per heavy atom. The number of sulfonamides is 1. The first kappa shape index (κ1) is 18.0. The van der Waals surface area contributed by atoms with Crippen molar-refractivity contribution in [3.8, 4) is 0 Å². The number of nitrogens with zero attached hydrogens (tertiary/aromatic N) is 2. The maximum Gasteiger partial charge on any atom is 0.269 e. The molecule has 0 heterocycles. The molecule has 0 unspecified atom stereocenters. The minimum atomic E-state index is -3.89. The van der Waals surface area contributed by atoms with Crippen LogP contribution in [-0.4, -0.2) is 57.4 Å². The third kappa shape index (κ3) is 4.76. The van der Waals surface area contributed by atoms with Crippen molar-refractivity contribution in [3.05, 3.63) is 34.4 Å². The zero-order valence-corrected chi connectivity index (χ0v) is 13.0. The van der Waals surface area contributed by atoms with Crippen LogP contribution in [0, 0.1) is 10.1 Å². The molecule has 0 saturated heterocycles. The summed E-state index contributed by atoms with van der Waals surface area (Å²) in [6.45, 7) is 0.244. The lowest BCUT2D eigenvalue weighted by Gasteiger charge is -2.16. The van der Waals surface area contributed by atoms with Gasteiger partial charge >= 0.3 is 0 Å². The third-order valence-corrected chi connectivity index (χ3v) is 4.57. The predicted molar refractivity (Wildman–Crippen MR) is 77.8 cm³/mol. The molecule has 1 N–H and O–H groups in total. The standard InChI is InChI=1S/C12H17N3O6S/c1-14(9-12(16)13-7-8-21-2)22(19,20)11-5-3-10(4-6-11)15(17)18/h3-6H,7-9H2,1-2H3,(H,13,16). The zero-order valence-electron chi connectivity index (χ0n) is 12.2. The molecule has 0 fully saturated rings. The van der Waals surface area contributed by atoms with Gasteiger partial charge in [0.05, 0.1) is 23.0 Å². The molecule has 9 nitrogen and oxygen atoms in total. The molecule has 1 rings (SSSR count). The van der Waals surface area contributed by atoms with E-state index in [1.54, 1.807) is 0 Å². The average Bonchev–Trinajstić information content (AvgIpc) is 2.47. The fraction of sp³-hybridized carbons (Fsp3) is 0.417. The second kappa shape index (κ2) is 7.82. The highest BCUT2D eigenvalue weighted by molar-refractivity contribution is 7.89. The van der Waals surface area contributed by atoms with Crippen molar-refractivity contribution in [1.29, 1.82) is 0 Å². The van der Waals surface area contributed by atoms with Gasteiger partial charge in [-0.05, 0) is 12.1 Å². The molecule has 0 aliphatic rings. The number of methoxy groups -OCH3 is 1. The molecule has 0 radical (unpaired) electrons. The Morgan fingerprint density at radius 3 is 2.45 bits per heavy atom. The second-order valence-corrected chi connectivity index (χ2v) is 6.40. The normalized spacial score (nSPS) is 11.4. The lowest BCUT2D eigenvalue weighted by Crippen LogP contribution is -2.39. The average molecular weight is 331 g/mol. The summed E-state index contributed by atoms with van der Waals surface area (Å²) >= 11 is 0. The van der Waals surface area contributed by atoms with Crippen molar-refractivity contribution in [2.24, 2.45) is 0 Å². The Kier molecular flexibility index (Phi) is 6.40. The van der Waals surface area contributed by atoms with Crippen LogP contribution in [0.5, 0.6) is 0 Å². The van der Waals surface area contributed by atoms with E-state index in [1.165, 1.54) is 14.2 Å². The number of nitrogens with one attached hydrogen (secondary N) is 1. The lowest BCUT2D eigenvalue weighted by molar-refractivity contribution is -0.384. The van der Waals surface area contributed by atoms with Gasteiger partial charge in [-0.15, -0.1) is 0 Å². The van der Waals surface area contributed by atoms with Crippen LogP contribution < -0.4 is 5.32 Å². The number of hydrogen-bond acceptors (Lipinski definition) is 6. The number of nitro groups is 1. The smallest absolute Gasteiger partial charge is 0.269 e. The van der Waals surface area contributed by atoms with Gasteiger partial charge in [0.15, 0.2) is 0 Å². The van der Waals surface area contributed by atoms with Gasteiger partial charge in [0.2, 0.25) is 15.9 Å². The summed E-state index contributed by atoms with van der Waals surface area (Å²) in [7, 11) is -1.15. The number of rotatable bonds is 8. The van der Waals surface area contributed by atoms with E-state index in [0.29, 0.717) is 6.61 Å². The van der Waals surface area contributed by atoms with Crippen LogP contribution in [0.4, 0.5) is 5.69 Å². The van der Waals surface area contributed by atoms with Crippen molar-refractivity contribution < 1.29 is 22.9 Å². The summed E-state index contributed by atoms with van der Waals surface area (Å²) < 4.78 is 30.1. The predicted octanol–water partition coefficient (Wildman–Crippen LogP) is -0.0221. The van der Waals surface area contributed by atoms with E-state index in [9.17, 15) is 23.3 Å². The van der Waals surface area contributed by atoms with Gasteiger partial charge in [-0.3, -0.25) is 14.9 Å². The molecule has 1 amide bonds. The molecule has 0 aliphatic carbocycles. The fourth-order valence-electron chi connectivity index (χ4n) is 1.56. The van der Waals surface area contributed by atoms with Gasteiger partial charge in [0.1, 0.15) is 0 Å². The van der Waals surface area contributed by atoms with E-state index in [-0.39, 0.29) is 23.7 Å². The van der Waals surface area contributed by atoms with Crippen LogP contribution in [0.2, 0.25) is 0 Å². The minimum absolute atomic E-state index is 0.120. The number of carbonyl (C=O) groups is 1. The number of hydrogen-bond donors (Lipinski definition) is 1. The largest absolute Gasteiger partial charge is 0.383 e. The maximum atomic E-state index is 12.2. The van der Waals surface area contributed by atoms with Gasteiger partial charge in [-0.1, -0.05) is 0 Å². The van der Waals surface area contributed by atoms with E-state index >= 15 is 0 Å². The highest BCUT2D eigenvalue weighted by atomic mass is 32.2. The molecule has 0 saturated carbocycles. The summed E-state index contributed by atoms with van der Waals surface area (Å²) in [5, 5.41) is 13.1. The Labute approximate surface area is 128 Å². The van der Waals surface area contributed by atoms with Crippen LogP contribution in [0.3, 0.4) is 0 Å². The molecule has 1 aromatic rings. The minimum Gasteiger partial charge on any atom is -0.383 e. The van der Waals surface area contributed by atoms with Gasteiger partial charge in [0.25, 0.3) is 5.69 Å². The Hall–Kier alpha value is -2.04. The number of non-ortho nitro benzene ring substituents is 1. The summed E-state index contributed by atoms with van der Waals surface area (Å²) in [4.78, 5) is 21.4. The van der Waals surface area contributed by atoms with Crippen molar-refractivity contribution >= 4 is 21.6 Å². The van der Waals surface area contributed by atoms with Crippen molar-refractivity contribution in [1.82, 2.24) is 9.62 Å². The van der Waals surface area contributed by atoms with E-state index < -0.39 is 20.9 Å². The number of likely N-dealkylation sites (N-methyl/N-ethyl adjacent to an activating group) is 1. The number of nitro benzene ring substituents is 1. The van der Waals surface area contributed by atoms with Crippen LogP contribution in [0.15, 0.2) is 29.2 Å². The molecular weight excluding hydrogens is 314 g/mol. The number of ether oxygens (including phenoxy) is 1. The summed E-state index contributed by atoms with van der Waals surface area (Å²) in [5.41, 5.74) is -0.209. The molecular formula is C12H17N3O6S.